The minimum absolute atomic E-state index is 0.127. The van der Waals surface area contributed by atoms with Crippen molar-refractivity contribution in [3.63, 3.8) is 0 Å². The molecular formula is C16H22N6O. The van der Waals surface area contributed by atoms with E-state index in [9.17, 15) is 4.79 Å². The molecule has 2 aromatic rings. The molecule has 0 aliphatic carbocycles. The van der Waals surface area contributed by atoms with E-state index in [1.54, 1.807) is 10.9 Å². The number of piperidine rings is 1. The Morgan fingerprint density at radius 3 is 2.70 bits per heavy atom. The van der Waals surface area contributed by atoms with Gasteiger partial charge in [-0.25, -0.2) is 0 Å². The molecule has 7 heteroatoms. The molecule has 1 saturated heterocycles. The fourth-order valence-electron chi connectivity index (χ4n) is 2.82. The van der Waals surface area contributed by atoms with Crippen LogP contribution in [0.3, 0.4) is 0 Å². The standard InChI is InChI=1S/C16H22N6O/c1-12-4-5-15(20-19-12)18-14-6-10-21(11-7-14)16(23)13(2)22-9-3-8-17-22/h3-5,8-9,13-14H,6-7,10-11H2,1-2H3,(H,18,20)/t13-/m1/s1. The van der Waals surface area contributed by atoms with Crippen LogP contribution in [0.25, 0.3) is 0 Å². The smallest absolute Gasteiger partial charge is 0.247 e. The van der Waals surface area contributed by atoms with Gasteiger partial charge in [0, 0.05) is 31.5 Å². The maximum Gasteiger partial charge on any atom is 0.247 e. The van der Waals surface area contributed by atoms with Gasteiger partial charge in [-0.1, -0.05) is 0 Å². The maximum absolute atomic E-state index is 12.5. The van der Waals surface area contributed by atoms with Crippen molar-refractivity contribution >= 4 is 11.7 Å². The summed E-state index contributed by atoms with van der Waals surface area (Å²) in [6.45, 7) is 5.31. The van der Waals surface area contributed by atoms with Gasteiger partial charge in [-0.2, -0.15) is 10.2 Å². The van der Waals surface area contributed by atoms with Gasteiger partial charge in [0.15, 0.2) is 0 Å². The van der Waals surface area contributed by atoms with Crippen LogP contribution in [0.4, 0.5) is 5.82 Å². The van der Waals surface area contributed by atoms with Gasteiger partial charge >= 0.3 is 0 Å². The van der Waals surface area contributed by atoms with E-state index >= 15 is 0 Å². The number of hydrogen-bond donors (Lipinski definition) is 1. The largest absolute Gasteiger partial charge is 0.366 e. The third-order valence-electron chi connectivity index (χ3n) is 4.24. The number of carbonyl (C=O) groups excluding carboxylic acids is 1. The average molecular weight is 314 g/mol. The van der Waals surface area contributed by atoms with E-state index in [1.165, 1.54) is 0 Å². The number of amides is 1. The highest BCUT2D eigenvalue weighted by molar-refractivity contribution is 5.80. The van der Waals surface area contributed by atoms with E-state index in [0.29, 0.717) is 6.04 Å². The van der Waals surface area contributed by atoms with Gasteiger partial charge < -0.3 is 10.2 Å². The number of carbonyl (C=O) groups is 1. The lowest BCUT2D eigenvalue weighted by molar-refractivity contribution is -0.135. The number of aryl methyl sites for hydroxylation is 1. The SMILES string of the molecule is Cc1ccc(NC2CCN(C(=O)[C@@H](C)n3cccn3)CC2)nn1. The third kappa shape index (κ3) is 3.67. The fourth-order valence-corrected chi connectivity index (χ4v) is 2.82. The number of anilines is 1. The molecule has 2 aromatic heterocycles. The molecule has 0 radical (unpaired) electrons. The Labute approximate surface area is 135 Å². The lowest BCUT2D eigenvalue weighted by Crippen LogP contribution is -2.44. The summed E-state index contributed by atoms with van der Waals surface area (Å²) in [6, 6.07) is 5.80. The van der Waals surface area contributed by atoms with Crippen molar-refractivity contribution in [3.05, 3.63) is 36.3 Å². The first-order valence-electron chi connectivity index (χ1n) is 7.98. The molecule has 23 heavy (non-hydrogen) atoms. The van der Waals surface area contributed by atoms with Crippen LogP contribution in [0, 0.1) is 6.92 Å². The number of rotatable bonds is 4. The van der Waals surface area contributed by atoms with Crippen LogP contribution >= 0.6 is 0 Å². The Kier molecular flexibility index (Phi) is 4.55. The quantitative estimate of drug-likeness (QED) is 0.928. The lowest BCUT2D eigenvalue weighted by Gasteiger charge is -2.34. The molecule has 1 N–H and O–H groups in total. The number of hydrogen-bond acceptors (Lipinski definition) is 5. The first-order chi connectivity index (χ1) is 11.1. The molecule has 0 bridgehead atoms. The molecule has 1 aliphatic rings. The van der Waals surface area contributed by atoms with Crippen LogP contribution in [0.2, 0.25) is 0 Å². The molecule has 3 heterocycles. The summed E-state index contributed by atoms with van der Waals surface area (Å²) in [6.07, 6.45) is 5.34. The van der Waals surface area contributed by atoms with Gasteiger partial charge in [0.25, 0.3) is 0 Å². The van der Waals surface area contributed by atoms with Crippen LogP contribution in [-0.2, 0) is 4.79 Å². The highest BCUT2D eigenvalue weighted by Crippen LogP contribution is 2.18. The fraction of sp³-hybridized carbons (Fsp3) is 0.500. The third-order valence-corrected chi connectivity index (χ3v) is 4.24. The van der Waals surface area contributed by atoms with Gasteiger partial charge in [0.05, 0.1) is 5.69 Å². The zero-order valence-electron chi connectivity index (χ0n) is 13.5. The van der Waals surface area contributed by atoms with Gasteiger partial charge in [-0.15, -0.1) is 5.10 Å². The van der Waals surface area contributed by atoms with Crippen molar-refractivity contribution in [3.8, 4) is 0 Å². The van der Waals surface area contributed by atoms with E-state index in [1.807, 2.05) is 43.1 Å². The van der Waals surface area contributed by atoms with Crippen LogP contribution in [0.1, 0.15) is 31.5 Å². The number of nitrogens with zero attached hydrogens (tertiary/aromatic N) is 5. The molecule has 7 nitrogen and oxygen atoms in total. The minimum Gasteiger partial charge on any atom is -0.366 e. The summed E-state index contributed by atoms with van der Waals surface area (Å²) in [4.78, 5) is 14.4. The molecule has 1 aliphatic heterocycles. The minimum atomic E-state index is -0.252. The Balaban J connectivity index is 1.52. The predicted octanol–water partition coefficient (Wildman–Crippen LogP) is 1.65. The van der Waals surface area contributed by atoms with Crippen molar-refractivity contribution in [2.45, 2.75) is 38.8 Å². The molecule has 1 atom stereocenters. The summed E-state index contributed by atoms with van der Waals surface area (Å²) in [5.41, 5.74) is 0.906. The normalized spacial score (nSPS) is 17.0. The van der Waals surface area contributed by atoms with E-state index in [2.05, 4.69) is 20.6 Å². The first kappa shape index (κ1) is 15.5. The second kappa shape index (κ2) is 6.76. The van der Waals surface area contributed by atoms with Crippen LogP contribution in [-0.4, -0.2) is 49.9 Å². The summed E-state index contributed by atoms with van der Waals surface area (Å²) in [5.74, 6) is 0.924. The van der Waals surface area contributed by atoms with Crippen LogP contribution < -0.4 is 5.32 Å². The Bertz CT molecular complexity index is 631. The topological polar surface area (TPSA) is 75.9 Å². The lowest BCUT2D eigenvalue weighted by atomic mass is 10.0. The van der Waals surface area contributed by atoms with Crippen LogP contribution in [0.15, 0.2) is 30.6 Å². The second-order valence-corrected chi connectivity index (χ2v) is 5.97. The average Bonchev–Trinajstić information content (AvgIpc) is 3.11. The monoisotopic (exact) mass is 314 g/mol. The van der Waals surface area contributed by atoms with E-state index in [-0.39, 0.29) is 11.9 Å². The molecule has 3 rings (SSSR count). The number of aromatic nitrogens is 4. The summed E-state index contributed by atoms with van der Waals surface area (Å²) >= 11 is 0. The molecule has 0 spiro atoms. The molecule has 1 amide bonds. The van der Waals surface area contributed by atoms with Crippen molar-refractivity contribution in [2.24, 2.45) is 0 Å². The van der Waals surface area contributed by atoms with E-state index in [4.69, 9.17) is 0 Å². The molecule has 1 fully saturated rings. The molecular weight excluding hydrogens is 292 g/mol. The van der Waals surface area contributed by atoms with Crippen molar-refractivity contribution < 1.29 is 4.79 Å². The highest BCUT2D eigenvalue weighted by Gasteiger charge is 2.27. The van der Waals surface area contributed by atoms with E-state index in [0.717, 1.165) is 37.4 Å². The molecule has 0 saturated carbocycles. The van der Waals surface area contributed by atoms with Gasteiger partial charge in [-0.3, -0.25) is 9.48 Å². The molecule has 0 unspecified atom stereocenters. The second-order valence-electron chi connectivity index (χ2n) is 5.97. The zero-order valence-corrected chi connectivity index (χ0v) is 13.5. The summed E-state index contributed by atoms with van der Waals surface area (Å²) < 4.78 is 1.70. The summed E-state index contributed by atoms with van der Waals surface area (Å²) in [7, 11) is 0. The van der Waals surface area contributed by atoms with Gasteiger partial charge in [-0.05, 0) is 44.9 Å². The van der Waals surface area contributed by atoms with Crippen LogP contribution in [0.5, 0.6) is 0 Å². The van der Waals surface area contributed by atoms with Gasteiger partial charge in [0.2, 0.25) is 5.91 Å². The zero-order chi connectivity index (χ0) is 16.2. The maximum atomic E-state index is 12.5. The Hall–Kier alpha value is -2.44. The predicted molar refractivity (Wildman–Crippen MR) is 86.9 cm³/mol. The Morgan fingerprint density at radius 2 is 2.09 bits per heavy atom. The molecule has 0 aromatic carbocycles. The Morgan fingerprint density at radius 1 is 1.30 bits per heavy atom. The van der Waals surface area contributed by atoms with Crippen molar-refractivity contribution in [2.75, 3.05) is 18.4 Å². The molecule has 122 valence electrons. The number of likely N-dealkylation sites (tertiary alicyclic amines) is 1. The summed E-state index contributed by atoms with van der Waals surface area (Å²) in [5, 5.41) is 15.7. The van der Waals surface area contributed by atoms with E-state index < -0.39 is 0 Å². The first-order valence-corrected chi connectivity index (χ1v) is 7.98. The van der Waals surface area contributed by atoms with Gasteiger partial charge in [0.1, 0.15) is 11.9 Å². The number of nitrogens with one attached hydrogen (secondary N) is 1. The van der Waals surface area contributed by atoms with Crippen molar-refractivity contribution in [1.29, 1.82) is 0 Å². The highest BCUT2D eigenvalue weighted by atomic mass is 16.2. The van der Waals surface area contributed by atoms with Crippen molar-refractivity contribution in [1.82, 2.24) is 24.9 Å².